The second-order valence-corrected chi connectivity index (χ2v) is 9.67. The van der Waals surface area contributed by atoms with E-state index in [1.54, 1.807) is 0 Å². The SMILES string of the molecule is CS(=O)(=O)CCNC(=O)c1cc(Cl)c(Cl)c(S(=O)(=O)Cl)c1. The molecule has 1 rings (SSSR count). The lowest BCUT2D eigenvalue weighted by molar-refractivity contribution is 0.0956. The molecule has 0 aliphatic rings. The largest absolute Gasteiger partial charge is 0.351 e. The van der Waals surface area contributed by atoms with E-state index in [0.717, 1.165) is 18.4 Å². The van der Waals surface area contributed by atoms with Gasteiger partial charge in [-0.2, -0.15) is 0 Å². The van der Waals surface area contributed by atoms with Gasteiger partial charge in [0.15, 0.2) is 0 Å². The van der Waals surface area contributed by atoms with Gasteiger partial charge in [0.25, 0.3) is 15.0 Å². The summed E-state index contributed by atoms with van der Waals surface area (Å²) < 4.78 is 44.6. The minimum Gasteiger partial charge on any atom is -0.351 e. The summed E-state index contributed by atoms with van der Waals surface area (Å²) in [5, 5.41) is 1.87. The average Bonchev–Trinajstić information content (AvgIpc) is 2.29. The number of amides is 1. The molecule has 0 aliphatic heterocycles. The summed E-state index contributed by atoms with van der Waals surface area (Å²) in [4.78, 5) is 11.3. The molecular weight excluding hydrogens is 385 g/mol. The number of nitrogens with one attached hydrogen (secondary N) is 1. The molecule has 0 aromatic heterocycles. The van der Waals surface area contributed by atoms with Crippen LogP contribution in [0.1, 0.15) is 10.4 Å². The smallest absolute Gasteiger partial charge is 0.262 e. The van der Waals surface area contributed by atoms with Crippen LogP contribution in [-0.4, -0.2) is 41.3 Å². The average molecular weight is 395 g/mol. The van der Waals surface area contributed by atoms with Crippen molar-refractivity contribution in [3.8, 4) is 0 Å². The normalized spacial score (nSPS) is 12.2. The van der Waals surface area contributed by atoms with Gasteiger partial charge in [-0.05, 0) is 12.1 Å². The molecule has 0 radical (unpaired) electrons. The number of hydrogen-bond donors (Lipinski definition) is 1. The van der Waals surface area contributed by atoms with Crippen LogP contribution < -0.4 is 5.32 Å². The van der Waals surface area contributed by atoms with E-state index in [1.807, 2.05) is 0 Å². The third-order valence-corrected chi connectivity index (χ3v) is 5.48. The molecule has 0 bridgehead atoms. The van der Waals surface area contributed by atoms with Crippen molar-refractivity contribution in [1.82, 2.24) is 5.32 Å². The molecule has 0 fully saturated rings. The van der Waals surface area contributed by atoms with Crippen LogP contribution in [0.2, 0.25) is 10.0 Å². The van der Waals surface area contributed by atoms with Gasteiger partial charge in [-0.15, -0.1) is 0 Å². The predicted octanol–water partition coefficient (Wildman–Crippen LogP) is 1.70. The Morgan fingerprint density at radius 3 is 2.24 bits per heavy atom. The maximum absolute atomic E-state index is 11.8. The Morgan fingerprint density at radius 1 is 1.19 bits per heavy atom. The molecule has 1 aromatic carbocycles. The van der Waals surface area contributed by atoms with Gasteiger partial charge in [-0.1, -0.05) is 23.2 Å². The van der Waals surface area contributed by atoms with Crippen molar-refractivity contribution < 1.29 is 21.6 Å². The Labute approximate surface area is 136 Å². The summed E-state index contributed by atoms with van der Waals surface area (Å²) in [6.45, 7) is -0.124. The molecule has 0 heterocycles. The van der Waals surface area contributed by atoms with Gasteiger partial charge in [0.2, 0.25) is 0 Å². The molecule has 0 saturated heterocycles. The van der Waals surface area contributed by atoms with Crippen LogP contribution in [0.5, 0.6) is 0 Å². The first-order valence-electron chi connectivity index (χ1n) is 5.31. The second kappa shape index (κ2) is 6.70. The minimum absolute atomic E-state index is 0.0999. The zero-order chi connectivity index (χ0) is 16.4. The van der Waals surface area contributed by atoms with Gasteiger partial charge in [0.05, 0.1) is 15.8 Å². The molecular formula is C10H10Cl3NO5S2. The molecule has 1 amide bonds. The third-order valence-electron chi connectivity index (χ3n) is 2.28. The molecule has 0 unspecified atom stereocenters. The number of hydrogen-bond acceptors (Lipinski definition) is 5. The number of benzene rings is 1. The van der Waals surface area contributed by atoms with Gasteiger partial charge >= 0.3 is 0 Å². The van der Waals surface area contributed by atoms with Gasteiger partial charge in [0.1, 0.15) is 14.7 Å². The van der Waals surface area contributed by atoms with E-state index in [9.17, 15) is 21.6 Å². The monoisotopic (exact) mass is 393 g/mol. The highest BCUT2D eigenvalue weighted by Gasteiger charge is 2.20. The minimum atomic E-state index is -4.18. The van der Waals surface area contributed by atoms with E-state index in [4.69, 9.17) is 33.9 Å². The van der Waals surface area contributed by atoms with E-state index < -0.39 is 29.7 Å². The van der Waals surface area contributed by atoms with Gasteiger partial charge in [-0.3, -0.25) is 4.79 Å². The van der Waals surface area contributed by atoms with Gasteiger partial charge in [-0.25, -0.2) is 16.8 Å². The number of carbonyl (C=O) groups is 1. The van der Waals surface area contributed by atoms with Crippen LogP contribution in [0.3, 0.4) is 0 Å². The molecule has 0 atom stereocenters. The third kappa shape index (κ3) is 5.63. The molecule has 1 N–H and O–H groups in total. The fourth-order valence-corrected chi connectivity index (χ4v) is 3.56. The Bertz CT molecular complexity index is 774. The lowest BCUT2D eigenvalue weighted by atomic mass is 10.2. The van der Waals surface area contributed by atoms with E-state index in [1.165, 1.54) is 0 Å². The highest BCUT2D eigenvalue weighted by Crippen LogP contribution is 2.32. The van der Waals surface area contributed by atoms with Crippen molar-refractivity contribution >= 4 is 58.7 Å². The first-order valence-corrected chi connectivity index (χ1v) is 10.4. The van der Waals surface area contributed by atoms with Gasteiger partial charge < -0.3 is 5.32 Å². The molecule has 1 aromatic rings. The van der Waals surface area contributed by atoms with Crippen LogP contribution in [0, 0.1) is 0 Å². The Morgan fingerprint density at radius 2 is 1.76 bits per heavy atom. The first kappa shape index (κ1) is 18.5. The topological polar surface area (TPSA) is 97.4 Å². The molecule has 0 saturated carbocycles. The van der Waals surface area contributed by atoms with Gasteiger partial charge in [0, 0.05) is 29.0 Å². The van der Waals surface area contributed by atoms with Crippen molar-refractivity contribution in [3.05, 3.63) is 27.7 Å². The standard InChI is InChI=1S/C10H10Cl3NO5S2/c1-20(16,17)3-2-14-10(15)6-4-7(11)9(12)8(5-6)21(13,18)19/h4-5H,2-3H2,1H3,(H,14,15). The van der Waals surface area contributed by atoms with E-state index in [-0.39, 0.29) is 27.9 Å². The van der Waals surface area contributed by atoms with E-state index >= 15 is 0 Å². The van der Waals surface area contributed by atoms with Crippen LogP contribution in [-0.2, 0) is 18.9 Å². The summed E-state index contributed by atoms with van der Waals surface area (Å²) in [7, 11) is -2.21. The van der Waals surface area contributed by atoms with Crippen molar-refractivity contribution in [1.29, 1.82) is 0 Å². The molecule has 21 heavy (non-hydrogen) atoms. The Balaban J connectivity index is 3.04. The second-order valence-electron chi connectivity index (χ2n) is 4.09. The highest BCUT2D eigenvalue weighted by atomic mass is 35.7. The molecule has 11 heteroatoms. The Kier molecular flexibility index (Phi) is 5.91. The number of carbonyl (C=O) groups excluding carboxylic acids is 1. The zero-order valence-electron chi connectivity index (χ0n) is 10.6. The molecule has 0 aliphatic carbocycles. The fraction of sp³-hybridized carbons (Fsp3) is 0.300. The van der Waals surface area contributed by atoms with Crippen LogP contribution >= 0.6 is 33.9 Å². The predicted molar refractivity (Wildman–Crippen MR) is 81.5 cm³/mol. The molecule has 0 spiro atoms. The highest BCUT2D eigenvalue weighted by molar-refractivity contribution is 8.13. The summed E-state index contributed by atoms with van der Waals surface area (Å²) in [5.74, 6) is -0.945. The first-order chi connectivity index (χ1) is 9.42. The lowest BCUT2D eigenvalue weighted by Crippen LogP contribution is -2.28. The maximum Gasteiger partial charge on any atom is 0.262 e. The lowest BCUT2D eigenvalue weighted by Gasteiger charge is -2.08. The van der Waals surface area contributed by atoms with Crippen molar-refractivity contribution in [2.45, 2.75) is 4.90 Å². The number of halogens is 3. The van der Waals surface area contributed by atoms with E-state index in [0.29, 0.717) is 0 Å². The zero-order valence-corrected chi connectivity index (χ0v) is 14.5. The summed E-state index contributed by atoms with van der Waals surface area (Å²) >= 11 is 11.5. The summed E-state index contributed by atoms with van der Waals surface area (Å²) in [6, 6.07) is 2.12. The maximum atomic E-state index is 11.8. The summed E-state index contributed by atoms with van der Waals surface area (Å²) in [6.07, 6.45) is 1.02. The number of rotatable bonds is 5. The molecule has 118 valence electrons. The summed E-state index contributed by atoms with van der Waals surface area (Å²) in [5.41, 5.74) is -0.0999. The van der Waals surface area contributed by atoms with Crippen LogP contribution in [0.25, 0.3) is 0 Å². The number of sulfone groups is 1. The van der Waals surface area contributed by atoms with Crippen molar-refractivity contribution in [2.24, 2.45) is 0 Å². The fourth-order valence-electron chi connectivity index (χ4n) is 1.32. The molecule has 6 nitrogen and oxygen atoms in total. The van der Waals surface area contributed by atoms with Crippen LogP contribution in [0.4, 0.5) is 0 Å². The van der Waals surface area contributed by atoms with Crippen LogP contribution in [0.15, 0.2) is 17.0 Å². The van der Waals surface area contributed by atoms with Crippen molar-refractivity contribution in [3.63, 3.8) is 0 Å². The Hall–Kier alpha value is -0.540. The van der Waals surface area contributed by atoms with Crippen molar-refractivity contribution in [2.75, 3.05) is 18.6 Å². The van der Waals surface area contributed by atoms with E-state index in [2.05, 4.69) is 5.32 Å². The quantitative estimate of drug-likeness (QED) is 0.767.